The van der Waals surface area contributed by atoms with Crippen LogP contribution in [0.25, 0.3) is 0 Å². The van der Waals surface area contributed by atoms with Crippen molar-refractivity contribution in [1.82, 2.24) is 4.90 Å². The van der Waals surface area contributed by atoms with Crippen LogP contribution in [0.1, 0.15) is 29.2 Å². The first-order chi connectivity index (χ1) is 8.21. The van der Waals surface area contributed by atoms with E-state index >= 15 is 0 Å². The van der Waals surface area contributed by atoms with Gasteiger partial charge in [0.1, 0.15) is 0 Å². The normalized spacial score (nSPS) is 11.4. The summed E-state index contributed by atoms with van der Waals surface area (Å²) in [6.45, 7) is 11.8. The standard InChI is InChI=1S/C13H24N2OS/c1-4-15(5-2)6-7-16-10-12-8-13(9-14)17-11(12)3/h8H,4-7,9-10,14H2,1-3H3. The first kappa shape index (κ1) is 14.6. The fourth-order valence-corrected chi connectivity index (χ4v) is 2.67. The van der Waals surface area contributed by atoms with Gasteiger partial charge in [-0.15, -0.1) is 11.3 Å². The van der Waals surface area contributed by atoms with Crippen molar-refractivity contribution < 1.29 is 4.74 Å². The number of likely N-dealkylation sites (N-methyl/N-ethyl adjacent to an activating group) is 1. The van der Waals surface area contributed by atoms with Crippen LogP contribution in [0.4, 0.5) is 0 Å². The van der Waals surface area contributed by atoms with Gasteiger partial charge in [-0.05, 0) is 31.6 Å². The summed E-state index contributed by atoms with van der Waals surface area (Å²) in [5.74, 6) is 0. The van der Waals surface area contributed by atoms with Crippen LogP contribution < -0.4 is 5.73 Å². The van der Waals surface area contributed by atoms with E-state index < -0.39 is 0 Å². The van der Waals surface area contributed by atoms with Gasteiger partial charge in [-0.1, -0.05) is 13.8 Å². The third-order valence-corrected chi connectivity index (χ3v) is 4.09. The van der Waals surface area contributed by atoms with Gasteiger partial charge >= 0.3 is 0 Å². The van der Waals surface area contributed by atoms with E-state index in [1.807, 2.05) is 0 Å². The number of thiophene rings is 1. The minimum atomic E-state index is 0.630. The van der Waals surface area contributed by atoms with Crippen LogP contribution in [0.3, 0.4) is 0 Å². The highest BCUT2D eigenvalue weighted by Gasteiger charge is 2.05. The Balaban J connectivity index is 2.28. The predicted octanol–water partition coefficient (Wildman–Crippen LogP) is 2.37. The molecule has 0 aliphatic carbocycles. The van der Waals surface area contributed by atoms with Gasteiger partial charge < -0.3 is 15.4 Å². The average molecular weight is 256 g/mol. The van der Waals surface area contributed by atoms with E-state index in [0.717, 1.165) is 26.2 Å². The van der Waals surface area contributed by atoms with E-state index in [-0.39, 0.29) is 0 Å². The molecule has 4 heteroatoms. The van der Waals surface area contributed by atoms with Crippen molar-refractivity contribution >= 4 is 11.3 Å². The summed E-state index contributed by atoms with van der Waals surface area (Å²) in [6.07, 6.45) is 0. The number of hydrogen-bond donors (Lipinski definition) is 1. The Kier molecular flexibility index (Phi) is 6.73. The quantitative estimate of drug-likeness (QED) is 0.726. The van der Waals surface area contributed by atoms with Crippen molar-refractivity contribution in [2.24, 2.45) is 5.73 Å². The van der Waals surface area contributed by atoms with Crippen LogP contribution >= 0.6 is 11.3 Å². The fraction of sp³-hybridized carbons (Fsp3) is 0.692. The highest BCUT2D eigenvalue weighted by atomic mass is 32.1. The van der Waals surface area contributed by atoms with E-state index in [0.29, 0.717) is 13.2 Å². The van der Waals surface area contributed by atoms with Gasteiger partial charge in [0.05, 0.1) is 13.2 Å². The monoisotopic (exact) mass is 256 g/mol. The maximum absolute atomic E-state index is 5.72. The summed E-state index contributed by atoms with van der Waals surface area (Å²) in [5.41, 5.74) is 6.91. The molecule has 1 rings (SSSR count). The molecule has 3 nitrogen and oxygen atoms in total. The zero-order valence-corrected chi connectivity index (χ0v) is 12.0. The number of nitrogens with zero attached hydrogens (tertiary/aromatic N) is 1. The Morgan fingerprint density at radius 3 is 2.59 bits per heavy atom. The summed E-state index contributed by atoms with van der Waals surface area (Å²) in [7, 11) is 0. The van der Waals surface area contributed by atoms with Gasteiger partial charge in [-0.3, -0.25) is 0 Å². The molecule has 0 atom stereocenters. The van der Waals surface area contributed by atoms with Crippen molar-refractivity contribution in [2.75, 3.05) is 26.2 Å². The highest BCUT2D eigenvalue weighted by Crippen LogP contribution is 2.21. The second-order valence-electron chi connectivity index (χ2n) is 4.08. The van der Waals surface area contributed by atoms with Crippen LogP contribution in [0, 0.1) is 6.92 Å². The maximum Gasteiger partial charge on any atom is 0.0728 e. The Bertz CT molecular complexity index is 321. The molecule has 0 bridgehead atoms. The molecule has 1 aromatic heterocycles. The number of ether oxygens (including phenoxy) is 1. The largest absolute Gasteiger partial charge is 0.375 e. The van der Waals surface area contributed by atoms with Crippen molar-refractivity contribution in [3.05, 3.63) is 21.4 Å². The fourth-order valence-electron chi connectivity index (χ4n) is 1.75. The van der Waals surface area contributed by atoms with Crippen molar-refractivity contribution in [2.45, 2.75) is 33.9 Å². The molecule has 1 heterocycles. The van der Waals surface area contributed by atoms with E-state index in [2.05, 4.69) is 31.7 Å². The molecule has 1 aromatic rings. The van der Waals surface area contributed by atoms with Gasteiger partial charge in [-0.25, -0.2) is 0 Å². The lowest BCUT2D eigenvalue weighted by molar-refractivity contribution is 0.0955. The first-order valence-corrected chi connectivity index (χ1v) is 7.11. The van der Waals surface area contributed by atoms with Gasteiger partial charge in [0, 0.05) is 22.8 Å². The van der Waals surface area contributed by atoms with E-state index in [9.17, 15) is 0 Å². The third-order valence-electron chi connectivity index (χ3n) is 2.98. The lowest BCUT2D eigenvalue weighted by Gasteiger charge is -2.17. The molecule has 2 N–H and O–H groups in total. The Morgan fingerprint density at radius 2 is 2.06 bits per heavy atom. The van der Waals surface area contributed by atoms with E-state index in [4.69, 9.17) is 10.5 Å². The minimum absolute atomic E-state index is 0.630. The number of hydrogen-bond acceptors (Lipinski definition) is 4. The maximum atomic E-state index is 5.72. The zero-order chi connectivity index (χ0) is 12.7. The molecule has 0 radical (unpaired) electrons. The lowest BCUT2D eigenvalue weighted by atomic mass is 10.2. The van der Waals surface area contributed by atoms with Gasteiger partial charge in [-0.2, -0.15) is 0 Å². The molecule has 0 spiro atoms. The van der Waals surface area contributed by atoms with Crippen LogP contribution in [0.5, 0.6) is 0 Å². The zero-order valence-electron chi connectivity index (χ0n) is 11.2. The van der Waals surface area contributed by atoms with Crippen molar-refractivity contribution in [3.63, 3.8) is 0 Å². The third kappa shape index (κ3) is 4.76. The molecule has 0 aliphatic heterocycles. The minimum Gasteiger partial charge on any atom is -0.375 e. The molecule has 0 fully saturated rings. The predicted molar refractivity (Wildman–Crippen MR) is 74.4 cm³/mol. The molecular weight excluding hydrogens is 232 g/mol. The summed E-state index contributed by atoms with van der Waals surface area (Å²) in [6, 6.07) is 2.16. The summed E-state index contributed by atoms with van der Waals surface area (Å²) >= 11 is 1.77. The SMILES string of the molecule is CCN(CC)CCOCc1cc(CN)sc1C. The Labute approximate surface area is 109 Å². The van der Waals surface area contributed by atoms with Gasteiger partial charge in [0.25, 0.3) is 0 Å². The number of nitrogens with two attached hydrogens (primary N) is 1. The van der Waals surface area contributed by atoms with Crippen LogP contribution in [-0.2, 0) is 17.9 Å². The van der Waals surface area contributed by atoms with Crippen molar-refractivity contribution in [1.29, 1.82) is 0 Å². The van der Waals surface area contributed by atoms with Crippen LogP contribution in [0.15, 0.2) is 6.07 Å². The number of rotatable bonds is 8. The van der Waals surface area contributed by atoms with Gasteiger partial charge in [0.2, 0.25) is 0 Å². The Hall–Kier alpha value is -0.420. The molecule has 17 heavy (non-hydrogen) atoms. The van der Waals surface area contributed by atoms with E-state index in [1.165, 1.54) is 15.3 Å². The Morgan fingerprint density at radius 1 is 1.35 bits per heavy atom. The molecule has 98 valence electrons. The first-order valence-electron chi connectivity index (χ1n) is 6.29. The molecular formula is C13H24N2OS. The summed E-state index contributed by atoms with van der Waals surface area (Å²) in [5, 5.41) is 0. The topological polar surface area (TPSA) is 38.5 Å². The molecule has 0 saturated heterocycles. The van der Waals surface area contributed by atoms with Gasteiger partial charge in [0.15, 0.2) is 0 Å². The molecule has 0 aromatic carbocycles. The molecule has 0 saturated carbocycles. The molecule has 0 amide bonds. The summed E-state index contributed by atoms with van der Waals surface area (Å²) < 4.78 is 5.72. The number of aryl methyl sites for hydroxylation is 1. The second-order valence-corrected chi connectivity index (χ2v) is 5.42. The summed E-state index contributed by atoms with van der Waals surface area (Å²) in [4.78, 5) is 4.93. The smallest absolute Gasteiger partial charge is 0.0728 e. The second kappa shape index (κ2) is 7.82. The lowest BCUT2D eigenvalue weighted by Crippen LogP contribution is -2.26. The van der Waals surface area contributed by atoms with Crippen molar-refractivity contribution in [3.8, 4) is 0 Å². The van der Waals surface area contributed by atoms with Crippen LogP contribution in [-0.4, -0.2) is 31.1 Å². The van der Waals surface area contributed by atoms with E-state index in [1.54, 1.807) is 11.3 Å². The molecule has 0 unspecified atom stereocenters. The molecule has 0 aliphatic rings. The van der Waals surface area contributed by atoms with Crippen LogP contribution in [0.2, 0.25) is 0 Å². The highest BCUT2D eigenvalue weighted by molar-refractivity contribution is 7.12. The average Bonchev–Trinajstić information content (AvgIpc) is 2.70.